The molecule has 161 valence electrons. The number of rotatable bonds is 7. The van der Waals surface area contributed by atoms with Gasteiger partial charge in [-0.05, 0) is 25.0 Å². The molecule has 1 fully saturated rings. The molecule has 0 saturated heterocycles. The van der Waals surface area contributed by atoms with Crippen LogP contribution >= 0.6 is 0 Å². The van der Waals surface area contributed by atoms with Crippen LogP contribution in [0.2, 0.25) is 12.1 Å². The molecule has 0 aromatic heterocycles. The van der Waals surface area contributed by atoms with Crippen molar-refractivity contribution in [2.24, 2.45) is 0 Å². The first-order valence-electron chi connectivity index (χ1n) is 11.6. The fourth-order valence-electron chi connectivity index (χ4n) is 4.24. The Morgan fingerprint density at radius 3 is 1.83 bits per heavy atom. The van der Waals surface area contributed by atoms with Crippen molar-refractivity contribution >= 4 is 19.2 Å². The second-order valence-corrected chi connectivity index (χ2v) is 13.0. The summed E-state index contributed by atoms with van der Waals surface area (Å²) in [4.78, 5) is 23.2. The fraction of sp³-hybridized carbons (Fsp3) is 0.600. The summed E-state index contributed by atoms with van der Waals surface area (Å²) in [5.74, 6) is -0.408. The molecule has 2 rings (SSSR count). The highest BCUT2D eigenvalue weighted by Crippen LogP contribution is 2.24. The van der Waals surface area contributed by atoms with Crippen LogP contribution in [0.3, 0.4) is 0 Å². The highest BCUT2D eigenvalue weighted by molar-refractivity contribution is 6.95. The van der Waals surface area contributed by atoms with Gasteiger partial charge < -0.3 is 0 Å². The maximum absolute atomic E-state index is 12.5. The van der Waals surface area contributed by atoms with Gasteiger partial charge >= 0.3 is 5.97 Å². The average molecular weight is 416 g/mol. The first-order valence-corrected chi connectivity index (χ1v) is 14.1. The summed E-state index contributed by atoms with van der Waals surface area (Å²) in [6.07, 6.45) is 14.0. The van der Waals surface area contributed by atoms with Gasteiger partial charge in [0.15, 0.2) is 0 Å². The van der Waals surface area contributed by atoms with E-state index in [1.807, 2.05) is 12.1 Å². The van der Waals surface area contributed by atoms with Crippen LogP contribution in [0.1, 0.15) is 94.8 Å². The predicted molar refractivity (Wildman–Crippen MR) is 124 cm³/mol. The number of carbonyl (C=O) groups excluding carboxylic acids is 1. The molecule has 1 radical (unpaired) electrons. The second kappa shape index (κ2) is 13.0. The molecule has 4 heteroatoms. The molecule has 0 aliphatic heterocycles. The molecule has 0 atom stereocenters. The van der Waals surface area contributed by atoms with Crippen LogP contribution in [0.25, 0.3) is 0 Å². The van der Waals surface area contributed by atoms with E-state index >= 15 is 0 Å². The lowest BCUT2D eigenvalue weighted by atomic mass is 9.99. The van der Waals surface area contributed by atoms with Crippen molar-refractivity contribution in [3.05, 3.63) is 48.2 Å². The summed E-state index contributed by atoms with van der Waals surface area (Å²) in [7, 11) is -1.65. The highest BCUT2D eigenvalue weighted by Gasteiger charge is 2.27. The van der Waals surface area contributed by atoms with Crippen molar-refractivity contribution < 1.29 is 14.6 Å². The molecule has 0 spiro atoms. The SMILES string of the molecule is C=C[Si](CC)(CC)c1ccc(C(=O)OO[C]2CCCCCCCCCCC2)cc1. The van der Waals surface area contributed by atoms with E-state index in [1.54, 1.807) is 0 Å². The average Bonchev–Trinajstić information content (AvgIpc) is 2.75. The zero-order chi connectivity index (χ0) is 21.0. The Bertz CT molecular complexity index is 595. The third kappa shape index (κ3) is 7.42. The maximum atomic E-state index is 12.5. The van der Waals surface area contributed by atoms with Gasteiger partial charge in [0, 0.05) is 0 Å². The van der Waals surface area contributed by atoms with Gasteiger partial charge in [-0.2, -0.15) is 4.89 Å². The first-order chi connectivity index (χ1) is 14.1. The molecule has 1 saturated carbocycles. The van der Waals surface area contributed by atoms with Gasteiger partial charge in [0.05, 0.1) is 5.56 Å². The van der Waals surface area contributed by atoms with E-state index in [2.05, 4.69) is 38.3 Å². The van der Waals surface area contributed by atoms with Gasteiger partial charge in [-0.15, -0.1) is 6.58 Å². The Labute approximate surface area is 178 Å². The van der Waals surface area contributed by atoms with E-state index in [1.165, 1.54) is 50.1 Å². The Kier molecular flexibility index (Phi) is 10.7. The van der Waals surface area contributed by atoms with Crippen LogP contribution in [-0.4, -0.2) is 14.0 Å². The van der Waals surface area contributed by atoms with Crippen molar-refractivity contribution in [1.82, 2.24) is 0 Å². The van der Waals surface area contributed by atoms with E-state index in [4.69, 9.17) is 9.78 Å². The lowest BCUT2D eigenvalue weighted by Gasteiger charge is -2.26. The number of hydrogen-bond acceptors (Lipinski definition) is 3. The monoisotopic (exact) mass is 415 g/mol. The Hall–Kier alpha value is -1.39. The van der Waals surface area contributed by atoms with Crippen LogP contribution in [0.4, 0.5) is 0 Å². The number of hydrogen-bond donors (Lipinski definition) is 0. The number of benzene rings is 1. The number of carbonyl (C=O) groups is 1. The predicted octanol–water partition coefficient (Wildman–Crippen LogP) is 7.03. The van der Waals surface area contributed by atoms with Crippen LogP contribution in [0.15, 0.2) is 36.5 Å². The molecule has 0 bridgehead atoms. The zero-order valence-electron chi connectivity index (χ0n) is 18.5. The molecule has 0 N–H and O–H groups in total. The largest absolute Gasteiger partial charge is 0.373 e. The standard InChI is InChI=1S/C25H39O3Si/c1-4-29(5-2,6-3)24-20-18-22(19-21-24)25(26)28-27-23-16-14-12-10-8-7-9-11-13-15-17-23/h4,18-21H,1,5-17H2,2-3H3. The molecule has 1 aliphatic rings. The zero-order valence-corrected chi connectivity index (χ0v) is 19.5. The molecular formula is C25H39O3Si. The minimum absolute atomic E-state index is 0.408. The molecule has 3 nitrogen and oxygen atoms in total. The summed E-state index contributed by atoms with van der Waals surface area (Å²) < 4.78 is 0. The van der Waals surface area contributed by atoms with Crippen molar-refractivity contribution in [1.29, 1.82) is 0 Å². The second-order valence-electron chi connectivity index (χ2n) is 8.32. The third-order valence-electron chi connectivity index (χ3n) is 6.49. The van der Waals surface area contributed by atoms with Gasteiger partial charge in [0.2, 0.25) is 0 Å². The third-order valence-corrected chi connectivity index (χ3v) is 11.3. The molecule has 0 amide bonds. The van der Waals surface area contributed by atoms with Gasteiger partial charge in [0.1, 0.15) is 14.2 Å². The normalized spacial score (nSPS) is 17.7. The smallest absolute Gasteiger partial charge is 0.292 e. The van der Waals surface area contributed by atoms with Crippen molar-refractivity contribution in [2.45, 2.75) is 96.6 Å². The molecule has 1 aromatic carbocycles. The van der Waals surface area contributed by atoms with Crippen molar-refractivity contribution in [2.75, 3.05) is 0 Å². The van der Waals surface area contributed by atoms with E-state index in [0.717, 1.165) is 43.9 Å². The lowest BCUT2D eigenvalue weighted by molar-refractivity contribution is -0.237. The van der Waals surface area contributed by atoms with Gasteiger partial charge in [0.25, 0.3) is 0 Å². The summed E-state index contributed by atoms with van der Waals surface area (Å²) in [5, 5.41) is 1.32. The minimum atomic E-state index is -1.65. The summed E-state index contributed by atoms with van der Waals surface area (Å²) in [6.45, 7) is 8.53. The van der Waals surface area contributed by atoms with E-state index < -0.39 is 14.0 Å². The van der Waals surface area contributed by atoms with Crippen LogP contribution in [-0.2, 0) is 9.78 Å². The van der Waals surface area contributed by atoms with Crippen LogP contribution in [0, 0.1) is 6.10 Å². The van der Waals surface area contributed by atoms with Gasteiger partial charge in [-0.1, -0.05) is 107 Å². The maximum Gasteiger partial charge on any atom is 0.373 e. The van der Waals surface area contributed by atoms with E-state index in [-0.39, 0.29) is 0 Å². The van der Waals surface area contributed by atoms with Gasteiger partial charge in [-0.25, -0.2) is 4.79 Å². The minimum Gasteiger partial charge on any atom is -0.292 e. The molecule has 1 aromatic rings. The quantitative estimate of drug-likeness (QED) is 0.272. The highest BCUT2D eigenvalue weighted by atomic mass is 28.3. The Morgan fingerprint density at radius 2 is 1.38 bits per heavy atom. The molecular weight excluding hydrogens is 376 g/mol. The molecule has 0 heterocycles. The molecule has 29 heavy (non-hydrogen) atoms. The van der Waals surface area contributed by atoms with Crippen molar-refractivity contribution in [3.63, 3.8) is 0 Å². The van der Waals surface area contributed by atoms with Crippen molar-refractivity contribution in [3.8, 4) is 0 Å². The fourth-order valence-corrected chi connectivity index (χ4v) is 7.20. The first kappa shape index (κ1) is 23.9. The topological polar surface area (TPSA) is 35.5 Å². The summed E-state index contributed by atoms with van der Waals surface area (Å²) in [6, 6.07) is 10.1. The van der Waals surface area contributed by atoms with Crippen LogP contribution < -0.4 is 5.19 Å². The van der Waals surface area contributed by atoms with Gasteiger partial charge in [-0.3, -0.25) is 4.89 Å². The Morgan fingerprint density at radius 1 is 0.897 bits per heavy atom. The summed E-state index contributed by atoms with van der Waals surface area (Å²) >= 11 is 0. The van der Waals surface area contributed by atoms with E-state index in [0.29, 0.717) is 5.56 Å². The summed E-state index contributed by atoms with van der Waals surface area (Å²) in [5.41, 5.74) is 2.70. The lowest BCUT2D eigenvalue weighted by Crippen LogP contribution is -2.44. The van der Waals surface area contributed by atoms with Crippen LogP contribution in [0.5, 0.6) is 0 Å². The Balaban J connectivity index is 1.90. The molecule has 0 unspecified atom stereocenters. The van der Waals surface area contributed by atoms with E-state index in [9.17, 15) is 4.79 Å². The molecule has 1 aliphatic carbocycles.